The van der Waals surface area contributed by atoms with Crippen molar-refractivity contribution in [2.75, 3.05) is 5.32 Å². The van der Waals surface area contributed by atoms with E-state index in [9.17, 15) is 4.79 Å². The summed E-state index contributed by atoms with van der Waals surface area (Å²) in [6.07, 6.45) is 1.76. The Kier molecular flexibility index (Phi) is 3.58. The molecule has 0 heterocycles. The summed E-state index contributed by atoms with van der Waals surface area (Å²) in [7, 11) is 0. The topological polar surface area (TPSA) is 29.1 Å². The van der Waals surface area contributed by atoms with Gasteiger partial charge in [0.25, 0.3) is 5.91 Å². The first-order valence-corrected chi connectivity index (χ1v) is 5.65. The molecule has 2 rings (SSSR count). The number of nitrogens with one attached hydrogen (secondary N) is 1. The van der Waals surface area contributed by atoms with E-state index in [2.05, 4.69) is 18.8 Å². The maximum absolute atomic E-state index is 11.9. The van der Waals surface area contributed by atoms with Gasteiger partial charge in [0, 0.05) is 11.3 Å². The summed E-state index contributed by atoms with van der Waals surface area (Å²) >= 11 is 0. The summed E-state index contributed by atoms with van der Waals surface area (Å²) in [6, 6.07) is 14.7. The fourth-order valence-electron chi connectivity index (χ4n) is 1.56. The average molecular weight is 236 g/mol. The number of hydrogen-bond acceptors (Lipinski definition) is 1. The molecule has 0 fully saturated rings. The smallest absolute Gasteiger partial charge is 0.255 e. The number of rotatable bonds is 3. The van der Waals surface area contributed by atoms with Gasteiger partial charge < -0.3 is 5.32 Å². The molecule has 2 aromatic rings. The van der Waals surface area contributed by atoms with Crippen molar-refractivity contribution in [1.29, 1.82) is 0 Å². The summed E-state index contributed by atoms with van der Waals surface area (Å²) in [4.78, 5) is 11.9. The Morgan fingerprint density at radius 1 is 1.00 bits per heavy atom. The van der Waals surface area contributed by atoms with E-state index in [0.717, 1.165) is 16.8 Å². The van der Waals surface area contributed by atoms with Crippen molar-refractivity contribution in [2.45, 2.75) is 0 Å². The SMILES string of the molecule is [CH2]c1ccc(C(=O)Nc2ccc(C=C)cc2)cc1. The fraction of sp³-hybridized carbons (Fsp3) is 0. The first kappa shape index (κ1) is 12.1. The third-order valence-electron chi connectivity index (χ3n) is 2.62. The Morgan fingerprint density at radius 3 is 2.17 bits per heavy atom. The van der Waals surface area contributed by atoms with Gasteiger partial charge in [-0.15, -0.1) is 0 Å². The maximum Gasteiger partial charge on any atom is 0.255 e. The largest absolute Gasteiger partial charge is 0.322 e. The second-order valence-electron chi connectivity index (χ2n) is 3.98. The van der Waals surface area contributed by atoms with Crippen LogP contribution in [0.15, 0.2) is 55.1 Å². The maximum atomic E-state index is 11.9. The highest BCUT2D eigenvalue weighted by Crippen LogP contribution is 2.12. The van der Waals surface area contributed by atoms with Gasteiger partial charge >= 0.3 is 0 Å². The molecule has 89 valence electrons. The second kappa shape index (κ2) is 5.32. The average Bonchev–Trinajstić information content (AvgIpc) is 2.40. The lowest BCUT2D eigenvalue weighted by Crippen LogP contribution is -2.11. The molecule has 2 nitrogen and oxygen atoms in total. The minimum Gasteiger partial charge on any atom is -0.322 e. The van der Waals surface area contributed by atoms with E-state index in [1.165, 1.54) is 0 Å². The lowest BCUT2D eigenvalue weighted by atomic mass is 10.1. The monoisotopic (exact) mass is 236 g/mol. The molecule has 0 aliphatic rings. The molecule has 2 aromatic carbocycles. The Labute approximate surface area is 107 Å². The van der Waals surface area contributed by atoms with E-state index in [0.29, 0.717) is 5.56 Å². The van der Waals surface area contributed by atoms with Gasteiger partial charge in [-0.25, -0.2) is 0 Å². The molecule has 0 aromatic heterocycles. The van der Waals surface area contributed by atoms with Crippen molar-refractivity contribution in [3.05, 3.63) is 78.7 Å². The van der Waals surface area contributed by atoms with Crippen LogP contribution in [0.2, 0.25) is 0 Å². The molecule has 2 heteroatoms. The van der Waals surface area contributed by atoms with Crippen LogP contribution in [0.25, 0.3) is 6.08 Å². The minimum absolute atomic E-state index is 0.124. The summed E-state index contributed by atoms with van der Waals surface area (Å²) < 4.78 is 0. The standard InChI is InChI=1S/C16H14NO/c1-3-13-6-10-15(11-7-13)17-16(18)14-8-4-12(2)5-9-14/h3-11H,1-2H2,(H,17,18). The molecule has 1 N–H and O–H groups in total. The van der Waals surface area contributed by atoms with Crippen LogP contribution in [-0.2, 0) is 0 Å². The lowest BCUT2D eigenvalue weighted by Gasteiger charge is -2.05. The van der Waals surface area contributed by atoms with E-state index in [4.69, 9.17) is 0 Å². The molecule has 0 aliphatic carbocycles. The minimum atomic E-state index is -0.124. The molecule has 0 bridgehead atoms. The van der Waals surface area contributed by atoms with Crippen LogP contribution >= 0.6 is 0 Å². The molecular weight excluding hydrogens is 222 g/mol. The molecule has 0 saturated carbocycles. The predicted octanol–water partition coefficient (Wildman–Crippen LogP) is 3.76. The highest BCUT2D eigenvalue weighted by molar-refractivity contribution is 6.04. The van der Waals surface area contributed by atoms with Crippen molar-refractivity contribution < 1.29 is 4.79 Å². The van der Waals surface area contributed by atoms with E-state index >= 15 is 0 Å². The number of carbonyl (C=O) groups is 1. The van der Waals surface area contributed by atoms with Crippen LogP contribution in [-0.4, -0.2) is 5.91 Å². The van der Waals surface area contributed by atoms with Crippen molar-refractivity contribution in [3.63, 3.8) is 0 Å². The van der Waals surface area contributed by atoms with Gasteiger partial charge in [-0.2, -0.15) is 0 Å². The van der Waals surface area contributed by atoms with Crippen LogP contribution in [0.4, 0.5) is 5.69 Å². The molecule has 18 heavy (non-hydrogen) atoms. The summed E-state index contributed by atoms with van der Waals surface area (Å²) in [5.74, 6) is -0.124. The van der Waals surface area contributed by atoms with Crippen LogP contribution in [0.3, 0.4) is 0 Å². The van der Waals surface area contributed by atoms with Crippen molar-refractivity contribution in [1.82, 2.24) is 0 Å². The Balaban J connectivity index is 2.10. The normalized spacial score (nSPS) is 9.83. The number of hydrogen-bond donors (Lipinski definition) is 1. The Bertz CT molecular complexity index is 553. The first-order valence-electron chi connectivity index (χ1n) is 5.65. The molecule has 1 radical (unpaired) electrons. The van der Waals surface area contributed by atoms with Crippen LogP contribution in [0.1, 0.15) is 21.5 Å². The van der Waals surface area contributed by atoms with Gasteiger partial charge in [-0.3, -0.25) is 4.79 Å². The van der Waals surface area contributed by atoms with Gasteiger partial charge in [-0.05, 0) is 42.3 Å². The van der Waals surface area contributed by atoms with E-state index in [1.807, 2.05) is 36.4 Å². The molecule has 0 spiro atoms. The van der Waals surface area contributed by atoms with E-state index < -0.39 is 0 Å². The van der Waals surface area contributed by atoms with Gasteiger partial charge in [0.1, 0.15) is 0 Å². The van der Waals surface area contributed by atoms with E-state index in [1.54, 1.807) is 18.2 Å². The van der Waals surface area contributed by atoms with Crippen LogP contribution < -0.4 is 5.32 Å². The highest BCUT2D eigenvalue weighted by atomic mass is 16.1. The quantitative estimate of drug-likeness (QED) is 0.863. The number of benzene rings is 2. The molecule has 1 amide bonds. The number of anilines is 1. The molecule has 0 unspecified atom stereocenters. The van der Waals surface area contributed by atoms with Gasteiger partial charge in [0.15, 0.2) is 0 Å². The van der Waals surface area contributed by atoms with Crippen molar-refractivity contribution >= 4 is 17.7 Å². The summed E-state index contributed by atoms with van der Waals surface area (Å²) in [5.41, 5.74) is 3.30. The lowest BCUT2D eigenvalue weighted by molar-refractivity contribution is 0.102. The van der Waals surface area contributed by atoms with Crippen LogP contribution in [0.5, 0.6) is 0 Å². The van der Waals surface area contributed by atoms with Gasteiger partial charge in [-0.1, -0.05) is 36.9 Å². The van der Waals surface area contributed by atoms with Crippen molar-refractivity contribution in [2.24, 2.45) is 0 Å². The first-order chi connectivity index (χ1) is 8.69. The zero-order valence-electron chi connectivity index (χ0n) is 10.0. The van der Waals surface area contributed by atoms with Crippen molar-refractivity contribution in [3.8, 4) is 0 Å². The van der Waals surface area contributed by atoms with Gasteiger partial charge in [0.2, 0.25) is 0 Å². The number of carbonyl (C=O) groups excluding carboxylic acids is 1. The Morgan fingerprint density at radius 2 is 1.61 bits per heavy atom. The van der Waals surface area contributed by atoms with E-state index in [-0.39, 0.29) is 5.91 Å². The van der Waals surface area contributed by atoms with Crippen LogP contribution in [0, 0.1) is 6.92 Å². The zero-order valence-corrected chi connectivity index (χ0v) is 10.0. The third-order valence-corrected chi connectivity index (χ3v) is 2.62. The zero-order chi connectivity index (χ0) is 13.0. The number of amides is 1. The molecule has 0 atom stereocenters. The predicted molar refractivity (Wildman–Crippen MR) is 75.4 cm³/mol. The Hall–Kier alpha value is -2.35. The van der Waals surface area contributed by atoms with Gasteiger partial charge in [0.05, 0.1) is 0 Å². The molecule has 0 saturated heterocycles. The second-order valence-corrected chi connectivity index (χ2v) is 3.98. The molecule has 0 aliphatic heterocycles. The summed E-state index contributed by atoms with van der Waals surface area (Å²) in [5, 5.41) is 2.84. The highest BCUT2D eigenvalue weighted by Gasteiger charge is 2.04. The fourth-order valence-corrected chi connectivity index (χ4v) is 1.56. The third kappa shape index (κ3) is 2.86. The summed E-state index contributed by atoms with van der Waals surface area (Å²) in [6.45, 7) is 7.47. The molecular formula is C16H14NO.